The van der Waals surface area contributed by atoms with Crippen LogP contribution in [0.25, 0.3) is 10.6 Å². The number of aromatic nitrogens is 1. The summed E-state index contributed by atoms with van der Waals surface area (Å²) in [6, 6.07) is 13.0. The van der Waals surface area contributed by atoms with Crippen molar-refractivity contribution in [1.82, 2.24) is 4.98 Å². The second kappa shape index (κ2) is 8.62. The third-order valence-corrected chi connectivity index (χ3v) is 4.73. The predicted octanol–water partition coefficient (Wildman–Crippen LogP) is 4.14. The Kier molecular flexibility index (Phi) is 6.00. The molecule has 0 saturated carbocycles. The lowest BCUT2D eigenvalue weighted by Crippen LogP contribution is -2.30. The van der Waals surface area contributed by atoms with Gasteiger partial charge in [0.25, 0.3) is 5.91 Å². The monoisotopic (exact) mass is 400 g/mol. The number of nitrogens with zero attached hydrogens (tertiary/aromatic N) is 1. The maximum Gasteiger partial charge on any atom is 0.358 e. The molecule has 0 unspecified atom stereocenters. The lowest BCUT2D eigenvalue weighted by molar-refractivity contribution is -0.123. The van der Waals surface area contributed by atoms with Gasteiger partial charge in [-0.3, -0.25) is 4.79 Å². The lowest BCUT2D eigenvalue weighted by atomic mass is 10.2. The molecular formula is C20H17FN2O4S. The SMILES string of the molecule is COc1ccc(-c2nc(C(=O)O[C@@H](C)C(=O)Nc3ccccc3F)cs2)cc1. The molecule has 0 aliphatic carbocycles. The quantitative estimate of drug-likeness (QED) is 0.629. The van der Waals surface area contributed by atoms with Crippen LogP contribution in [0.2, 0.25) is 0 Å². The van der Waals surface area contributed by atoms with Crippen molar-refractivity contribution in [1.29, 1.82) is 0 Å². The molecule has 1 amide bonds. The van der Waals surface area contributed by atoms with Crippen LogP contribution < -0.4 is 10.1 Å². The molecule has 0 bridgehead atoms. The number of amides is 1. The average Bonchev–Trinajstić information content (AvgIpc) is 3.20. The van der Waals surface area contributed by atoms with E-state index in [4.69, 9.17) is 9.47 Å². The Morgan fingerprint density at radius 3 is 2.54 bits per heavy atom. The zero-order valence-corrected chi connectivity index (χ0v) is 16.0. The number of esters is 1. The Balaban J connectivity index is 1.63. The lowest BCUT2D eigenvalue weighted by Gasteiger charge is -2.13. The molecule has 3 aromatic rings. The molecule has 0 aliphatic heterocycles. The van der Waals surface area contributed by atoms with Gasteiger partial charge in [-0.1, -0.05) is 12.1 Å². The summed E-state index contributed by atoms with van der Waals surface area (Å²) in [6.07, 6.45) is -1.11. The second-order valence-corrected chi connectivity index (χ2v) is 6.64. The Morgan fingerprint density at radius 1 is 1.14 bits per heavy atom. The third-order valence-electron chi connectivity index (χ3n) is 3.84. The summed E-state index contributed by atoms with van der Waals surface area (Å²) in [5.41, 5.74) is 0.947. The van der Waals surface area contributed by atoms with Crippen LogP contribution in [0.4, 0.5) is 10.1 Å². The first-order valence-electron chi connectivity index (χ1n) is 8.34. The predicted molar refractivity (Wildman–Crippen MR) is 104 cm³/mol. The number of benzene rings is 2. The number of halogens is 1. The van der Waals surface area contributed by atoms with E-state index in [0.717, 1.165) is 11.3 Å². The van der Waals surface area contributed by atoms with E-state index in [0.29, 0.717) is 5.01 Å². The van der Waals surface area contributed by atoms with Crippen molar-refractivity contribution in [3.05, 3.63) is 65.4 Å². The highest BCUT2D eigenvalue weighted by atomic mass is 32.1. The van der Waals surface area contributed by atoms with Gasteiger partial charge in [0.05, 0.1) is 12.8 Å². The summed E-state index contributed by atoms with van der Waals surface area (Å²) >= 11 is 1.28. The van der Waals surface area contributed by atoms with Crippen LogP contribution in [0.1, 0.15) is 17.4 Å². The van der Waals surface area contributed by atoms with E-state index in [1.54, 1.807) is 30.7 Å². The number of rotatable bonds is 6. The van der Waals surface area contributed by atoms with E-state index in [9.17, 15) is 14.0 Å². The van der Waals surface area contributed by atoms with Gasteiger partial charge in [-0.15, -0.1) is 11.3 Å². The summed E-state index contributed by atoms with van der Waals surface area (Å²) in [7, 11) is 1.58. The second-order valence-electron chi connectivity index (χ2n) is 5.78. The number of hydrogen-bond donors (Lipinski definition) is 1. The van der Waals surface area contributed by atoms with Gasteiger partial charge in [0.1, 0.15) is 16.6 Å². The molecule has 144 valence electrons. The molecule has 0 saturated heterocycles. The number of carbonyl (C=O) groups is 2. The maximum absolute atomic E-state index is 13.6. The maximum atomic E-state index is 13.6. The number of para-hydroxylation sites is 1. The number of nitrogens with one attached hydrogen (secondary N) is 1. The summed E-state index contributed by atoms with van der Waals surface area (Å²) in [5, 5.41) is 4.58. The Labute approximate surface area is 164 Å². The van der Waals surface area contributed by atoms with E-state index in [2.05, 4.69) is 10.3 Å². The molecule has 3 rings (SSSR count). The van der Waals surface area contributed by atoms with Crippen molar-refractivity contribution in [2.75, 3.05) is 12.4 Å². The molecule has 1 atom stereocenters. The molecule has 1 N–H and O–H groups in total. The summed E-state index contributed by atoms with van der Waals surface area (Å²) < 4.78 is 23.9. The van der Waals surface area contributed by atoms with Gasteiger partial charge in [0.2, 0.25) is 0 Å². The van der Waals surface area contributed by atoms with Crippen molar-refractivity contribution in [3.63, 3.8) is 0 Å². The standard InChI is InChI=1S/C20H17FN2O4S/c1-12(18(24)22-16-6-4-3-5-15(16)21)27-20(25)17-11-28-19(23-17)13-7-9-14(26-2)10-8-13/h3-12H,1-2H3,(H,22,24)/t12-/m0/s1. The Hall–Kier alpha value is -3.26. The number of anilines is 1. The Bertz CT molecular complexity index is 988. The van der Waals surface area contributed by atoms with Crippen molar-refractivity contribution in [3.8, 4) is 16.3 Å². The number of carbonyl (C=O) groups excluding carboxylic acids is 2. The van der Waals surface area contributed by atoms with E-state index >= 15 is 0 Å². The largest absolute Gasteiger partial charge is 0.497 e. The molecule has 0 radical (unpaired) electrons. The normalized spacial score (nSPS) is 11.5. The summed E-state index contributed by atoms with van der Waals surface area (Å²) in [6.45, 7) is 1.41. The van der Waals surface area contributed by atoms with E-state index < -0.39 is 23.8 Å². The van der Waals surface area contributed by atoms with Crippen molar-refractivity contribution in [2.24, 2.45) is 0 Å². The highest BCUT2D eigenvalue weighted by Crippen LogP contribution is 2.26. The molecule has 0 fully saturated rings. The molecule has 1 heterocycles. The van der Waals surface area contributed by atoms with Gasteiger partial charge in [-0.25, -0.2) is 14.2 Å². The summed E-state index contributed by atoms with van der Waals surface area (Å²) in [4.78, 5) is 28.7. The average molecular weight is 400 g/mol. The highest BCUT2D eigenvalue weighted by Gasteiger charge is 2.22. The van der Waals surface area contributed by atoms with Gasteiger partial charge < -0.3 is 14.8 Å². The van der Waals surface area contributed by atoms with E-state index in [-0.39, 0.29) is 11.4 Å². The minimum absolute atomic E-state index is 0.0193. The van der Waals surface area contributed by atoms with Crippen LogP contribution >= 0.6 is 11.3 Å². The number of thiazole rings is 1. The smallest absolute Gasteiger partial charge is 0.358 e. The summed E-state index contributed by atoms with van der Waals surface area (Å²) in [5.74, 6) is -1.22. The van der Waals surface area contributed by atoms with Crippen molar-refractivity contribution < 1.29 is 23.5 Å². The molecule has 8 heteroatoms. The van der Waals surface area contributed by atoms with Crippen LogP contribution in [-0.4, -0.2) is 30.1 Å². The first-order valence-corrected chi connectivity index (χ1v) is 9.22. The Morgan fingerprint density at radius 2 is 1.86 bits per heavy atom. The van der Waals surface area contributed by atoms with Crippen LogP contribution in [0.3, 0.4) is 0 Å². The van der Waals surface area contributed by atoms with Gasteiger partial charge >= 0.3 is 5.97 Å². The van der Waals surface area contributed by atoms with E-state index in [1.807, 2.05) is 12.1 Å². The van der Waals surface area contributed by atoms with Crippen molar-refractivity contribution in [2.45, 2.75) is 13.0 Å². The molecule has 6 nitrogen and oxygen atoms in total. The van der Waals surface area contributed by atoms with E-state index in [1.165, 1.54) is 36.5 Å². The molecular weight excluding hydrogens is 383 g/mol. The zero-order valence-electron chi connectivity index (χ0n) is 15.1. The van der Waals surface area contributed by atoms with Gasteiger partial charge in [-0.05, 0) is 43.3 Å². The first kappa shape index (κ1) is 19.5. The van der Waals surface area contributed by atoms with Crippen LogP contribution in [0.5, 0.6) is 5.75 Å². The minimum atomic E-state index is -1.11. The fraction of sp³-hybridized carbons (Fsp3) is 0.150. The fourth-order valence-corrected chi connectivity index (χ4v) is 3.10. The van der Waals surface area contributed by atoms with Gasteiger partial charge in [0, 0.05) is 10.9 Å². The minimum Gasteiger partial charge on any atom is -0.497 e. The third kappa shape index (κ3) is 4.52. The number of methoxy groups -OCH3 is 1. The number of hydrogen-bond acceptors (Lipinski definition) is 6. The fourth-order valence-electron chi connectivity index (χ4n) is 2.31. The zero-order chi connectivity index (χ0) is 20.1. The molecule has 28 heavy (non-hydrogen) atoms. The molecule has 1 aromatic heterocycles. The van der Waals surface area contributed by atoms with Gasteiger partial charge in [0.15, 0.2) is 11.8 Å². The van der Waals surface area contributed by atoms with Crippen LogP contribution in [0.15, 0.2) is 53.9 Å². The van der Waals surface area contributed by atoms with Crippen LogP contribution in [-0.2, 0) is 9.53 Å². The van der Waals surface area contributed by atoms with Crippen molar-refractivity contribution >= 4 is 28.9 Å². The van der Waals surface area contributed by atoms with Crippen LogP contribution in [0, 0.1) is 5.82 Å². The van der Waals surface area contributed by atoms with Gasteiger partial charge in [-0.2, -0.15) is 0 Å². The molecule has 2 aromatic carbocycles. The molecule has 0 aliphatic rings. The highest BCUT2D eigenvalue weighted by molar-refractivity contribution is 7.13. The topological polar surface area (TPSA) is 77.5 Å². The molecule has 0 spiro atoms. The number of ether oxygens (including phenoxy) is 2. The first-order chi connectivity index (χ1) is 13.5.